The van der Waals surface area contributed by atoms with Crippen molar-refractivity contribution in [3.05, 3.63) is 60.3 Å². The smallest absolute Gasteiger partial charge is 0.230 e. The van der Waals surface area contributed by atoms with Crippen molar-refractivity contribution in [1.29, 1.82) is 0 Å². The molecule has 1 N–H and O–H groups in total. The third-order valence-electron chi connectivity index (χ3n) is 5.39. The predicted molar refractivity (Wildman–Crippen MR) is 125 cm³/mol. The molecule has 2 aromatic heterocycles. The van der Waals surface area contributed by atoms with Gasteiger partial charge in [-0.05, 0) is 55.2 Å². The normalized spacial score (nSPS) is 14.4. The Hall–Kier alpha value is -2.39. The van der Waals surface area contributed by atoms with E-state index in [9.17, 15) is 9.18 Å². The second-order valence-corrected chi connectivity index (χ2v) is 9.74. The van der Waals surface area contributed by atoms with Gasteiger partial charge in [-0.2, -0.15) is 0 Å². The van der Waals surface area contributed by atoms with Crippen molar-refractivity contribution in [2.45, 2.75) is 48.8 Å². The molecule has 0 radical (unpaired) electrons. The number of rotatable bonds is 9. The predicted octanol–water partition coefficient (Wildman–Crippen LogP) is 4.88. The molecular weight excluding hydrogens is 445 g/mol. The standard InChI is InChI=1S/C23H26FN5OS2/c24-18-9-11-19(12-10-18)29-20(14-26-21(30)16-31-22-8-4-5-13-25-22)27-28-23(29)32-15-17-6-2-1-3-7-17/h4-5,8-13,17H,1-3,6-7,14-16H2,(H,26,30). The molecule has 32 heavy (non-hydrogen) atoms. The highest BCUT2D eigenvalue weighted by atomic mass is 32.2. The van der Waals surface area contributed by atoms with Crippen LogP contribution in [0.4, 0.5) is 4.39 Å². The first-order valence-corrected chi connectivity index (χ1v) is 12.8. The van der Waals surface area contributed by atoms with Gasteiger partial charge in [0, 0.05) is 17.6 Å². The van der Waals surface area contributed by atoms with Crippen molar-refractivity contribution in [1.82, 2.24) is 25.1 Å². The molecule has 0 unspecified atom stereocenters. The van der Waals surface area contributed by atoms with Crippen molar-refractivity contribution in [2.24, 2.45) is 5.92 Å². The van der Waals surface area contributed by atoms with Gasteiger partial charge >= 0.3 is 0 Å². The van der Waals surface area contributed by atoms with Crippen molar-refractivity contribution in [3.63, 3.8) is 0 Å². The van der Waals surface area contributed by atoms with E-state index in [0.29, 0.717) is 11.7 Å². The zero-order chi connectivity index (χ0) is 22.2. The molecule has 3 aromatic rings. The molecule has 1 amide bonds. The first kappa shape index (κ1) is 22.8. The number of hydrogen-bond acceptors (Lipinski definition) is 6. The Balaban J connectivity index is 1.42. The maximum atomic E-state index is 13.5. The quantitative estimate of drug-likeness (QED) is 0.448. The summed E-state index contributed by atoms with van der Waals surface area (Å²) in [4.78, 5) is 16.6. The molecule has 6 nitrogen and oxygen atoms in total. The van der Waals surface area contributed by atoms with Gasteiger partial charge in [0.05, 0.1) is 17.3 Å². The number of amides is 1. The number of thioether (sulfide) groups is 2. The van der Waals surface area contributed by atoms with E-state index in [1.54, 1.807) is 30.1 Å². The van der Waals surface area contributed by atoms with Gasteiger partial charge in [0.2, 0.25) is 5.91 Å². The Kier molecular flexibility index (Phi) is 8.17. The van der Waals surface area contributed by atoms with E-state index in [1.807, 2.05) is 22.8 Å². The summed E-state index contributed by atoms with van der Waals surface area (Å²) < 4.78 is 15.4. The number of halogens is 1. The van der Waals surface area contributed by atoms with Gasteiger partial charge < -0.3 is 5.32 Å². The molecule has 4 rings (SSSR count). The lowest BCUT2D eigenvalue weighted by Crippen LogP contribution is -2.26. The largest absolute Gasteiger partial charge is 0.348 e. The van der Waals surface area contributed by atoms with Gasteiger partial charge in [-0.3, -0.25) is 9.36 Å². The van der Waals surface area contributed by atoms with E-state index in [0.717, 1.165) is 21.6 Å². The Morgan fingerprint density at radius 2 is 1.88 bits per heavy atom. The van der Waals surface area contributed by atoms with Crippen LogP contribution in [0.2, 0.25) is 0 Å². The average molecular weight is 472 g/mol. The van der Waals surface area contributed by atoms with Crippen molar-refractivity contribution < 1.29 is 9.18 Å². The lowest BCUT2D eigenvalue weighted by molar-refractivity contribution is -0.118. The molecule has 1 fully saturated rings. The molecule has 0 spiro atoms. The lowest BCUT2D eigenvalue weighted by atomic mass is 9.91. The molecule has 1 saturated carbocycles. The van der Waals surface area contributed by atoms with Crippen LogP contribution in [-0.4, -0.2) is 37.2 Å². The molecule has 0 aliphatic heterocycles. The molecule has 1 aliphatic carbocycles. The molecule has 0 bridgehead atoms. The molecular formula is C23H26FN5OS2. The topological polar surface area (TPSA) is 72.7 Å². The van der Waals surface area contributed by atoms with E-state index >= 15 is 0 Å². The Labute approximate surface area is 195 Å². The van der Waals surface area contributed by atoms with Crippen LogP contribution in [0, 0.1) is 11.7 Å². The minimum Gasteiger partial charge on any atom is -0.348 e. The molecule has 0 saturated heterocycles. The van der Waals surface area contributed by atoms with Crippen LogP contribution in [0.3, 0.4) is 0 Å². The van der Waals surface area contributed by atoms with Crippen molar-refractivity contribution >= 4 is 29.4 Å². The summed E-state index contributed by atoms with van der Waals surface area (Å²) >= 11 is 3.07. The van der Waals surface area contributed by atoms with Crippen LogP contribution in [0.1, 0.15) is 37.9 Å². The number of benzene rings is 1. The fourth-order valence-corrected chi connectivity index (χ4v) is 5.55. The van der Waals surface area contributed by atoms with E-state index in [2.05, 4.69) is 20.5 Å². The fraction of sp³-hybridized carbons (Fsp3) is 0.391. The zero-order valence-electron chi connectivity index (χ0n) is 17.7. The van der Waals surface area contributed by atoms with Crippen LogP contribution in [0.25, 0.3) is 5.69 Å². The van der Waals surface area contributed by atoms with Gasteiger partial charge in [-0.1, -0.05) is 48.9 Å². The number of carbonyl (C=O) groups excluding carboxylic acids is 1. The van der Waals surface area contributed by atoms with Crippen molar-refractivity contribution in [3.8, 4) is 5.69 Å². The Morgan fingerprint density at radius 3 is 2.62 bits per heavy atom. The van der Waals surface area contributed by atoms with Crippen LogP contribution < -0.4 is 5.32 Å². The molecule has 1 aromatic carbocycles. The number of hydrogen-bond donors (Lipinski definition) is 1. The minimum atomic E-state index is -0.292. The van der Waals surface area contributed by atoms with Crippen LogP contribution in [-0.2, 0) is 11.3 Å². The summed E-state index contributed by atoms with van der Waals surface area (Å²) in [6, 6.07) is 11.9. The second-order valence-electron chi connectivity index (χ2n) is 7.76. The monoisotopic (exact) mass is 471 g/mol. The fourth-order valence-electron chi connectivity index (χ4n) is 3.70. The highest BCUT2D eigenvalue weighted by Gasteiger charge is 2.19. The number of carbonyl (C=O) groups is 1. The van der Waals surface area contributed by atoms with Gasteiger partial charge in [0.25, 0.3) is 0 Å². The first-order chi connectivity index (χ1) is 15.7. The highest BCUT2D eigenvalue weighted by molar-refractivity contribution is 8.00. The van der Waals surface area contributed by atoms with E-state index in [1.165, 1.54) is 56.0 Å². The molecule has 9 heteroatoms. The molecule has 0 atom stereocenters. The van der Waals surface area contributed by atoms with Gasteiger partial charge in [-0.25, -0.2) is 9.37 Å². The maximum absolute atomic E-state index is 13.5. The van der Waals surface area contributed by atoms with E-state index in [-0.39, 0.29) is 24.0 Å². The number of nitrogens with zero attached hydrogens (tertiary/aromatic N) is 4. The van der Waals surface area contributed by atoms with Crippen LogP contribution >= 0.6 is 23.5 Å². The van der Waals surface area contributed by atoms with Gasteiger partial charge in [-0.15, -0.1) is 10.2 Å². The summed E-state index contributed by atoms with van der Waals surface area (Å²) in [7, 11) is 0. The minimum absolute atomic E-state index is 0.106. The molecule has 1 aliphatic rings. The summed E-state index contributed by atoms with van der Waals surface area (Å²) in [6.45, 7) is 0.246. The highest BCUT2D eigenvalue weighted by Crippen LogP contribution is 2.30. The third-order valence-corrected chi connectivity index (χ3v) is 7.49. The second kappa shape index (κ2) is 11.5. The van der Waals surface area contributed by atoms with Crippen LogP contribution in [0.5, 0.6) is 0 Å². The lowest BCUT2D eigenvalue weighted by Gasteiger charge is -2.20. The SMILES string of the molecule is O=C(CSc1ccccn1)NCc1nnc(SCC2CCCCC2)n1-c1ccc(F)cc1. The van der Waals surface area contributed by atoms with Gasteiger partial charge in [0.15, 0.2) is 11.0 Å². The average Bonchev–Trinajstić information content (AvgIpc) is 3.24. The number of aromatic nitrogens is 4. The Morgan fingerprint density at radius 1 is 1.06 bits per heavy atom. The summed E-state index contributed by atoms with van der Waals surface area (Å²) in [5.74, 6) is 2.18. The number of nitrogens with one attached hydrogen (secondary N) is 1. The van der Waals surface area contributed by atoms with E-state index in [4.69, 9.17) is 0 Å². The molecule has 168 valence electrons. The third kappa shape index (κ3) is 6.32. The first-order valence-electron chi connectivity index (χ1n) is 10.8. The maximum Gasteiger partial charge on any atom is 0.230 e. The van der Waals surface area contributed by atoms with Gasteiger partial charge in [0.1, 0.15) is 5.82 Å². The summed E-state index contributed by atoms with van der Waals surface area (Å²) in [5, 5.41) is 13.2. The van der Waals surface area contributed by atoms with E-state index < -0.39 is 0 Å². The molecule has 2 heterocycles. The van der Waals surface area contributed by atoms with Crippen molar-refractivity contribution in [2.75, 3.05) is 11.5 Å². The zero-order valence-corrected chi connectivity index (χ0v) is 19.4. The summed E-state index contributed by atoms with van der Waals surface area (Å²) in [6.07, 6.45) is 8.14. The van der Waals surface area contributed by atoms with Crippen LogP contribution in [0.15, 0.2) is 58.8 Å². The number of pyridine rings is 1. The Bertz CT molecular complexity index is 1010. The summed E-state index contributed by atoms with van der Waals surface area (Å²) in [5.41, 5.74) is 0.787.